The summed E-state index contributed by atoms with van der Waals surface area (Å²) in [6, 6.07) is 18.0. The predicted molar refractivity (Wildman–Crippen MR) is 135 cm³/mol. The van der Waals surface area contributed by atoms with Crippen LogP contribution in [-0.2, 0) is 6.54 Å². The fraction of sp³-hybridized carbons (Fsp3) is 0.231. The van der Waals surface area contributed by atoms with Gasteiger partial charge in [-0.15, -0.1) is 0 Å². The van der Waals surface area contributed by atoms with Crippen LogP contribution < -0.4 is 5.32 Å². The lowest BCUT2D eigenvalue weighted by molar-refractivity contribution is 0.286. The number of nitrogens with one attached hydrogen (secondary N) is 1. The van der Waals surface area contributed by atoms with E-state index in [1.165, 1.54) is 5.56 Å². The van der Waals surface area contributed by atoms with Crippen LogP contribution >= 0.6 is 23.8 Å². The second-order valence-corrected chi connectivity index (χ2v) is 9.17. The molecule has 0 spiro atoms. The van der Waals surface area contributed by atoms with Gasteiger partial charge in [0.15, 0.2) is 5.11 Å². The summed E-state index contributed by atoms with van der Waals surface area (Å²) in [7, 11) is 0. The van der Waals surface area contributed by atoms with E-state index < -0.39 is 0 Å². The van der Waals surface area contributed by atoms with E-state index in [9.17, 15) is 0 Å². The summed E-state index contributed by atoms with van der Waals surface area (Å²) >= 11 is 12.3. The molecule has 0 bridgehead atoms. The molecule has 0 aliphatic carbocycles. The third-order valence-corrected chi connectivity index (χ3v) is 7.13. The minimum atomic E-state index is -0.0805. The van der Waals surface area contributed by atoms with Crippen molar-refractivity contribution in [3.8, 4) is 5.69 Å². The Morgan fingerprint density at radius 2 is 1.94 bits per heavy atom. The maximum atomic E-state index is 6.46. The van der Waals surface area contributed by atoms with Gasteiger partial charge in [-0.1, -0.05) is 23.7 Å². The van der Waals surface area contributed by atoms with Crippen LogP contribution in [0.4, 0.5) is 0 Å². The van der Waals surface area contributed by atoms with E-state index in [0.29, 0.717) is 11.7 Å². The number of halogens is 1. The van der Waals surface area contributed by atoms with Gasteiger partial charge in [0.2, 0.25) is 0 Å². The Balaban J connectivity index is 1.65. The zero-order valence-corrected chi connectivity index (χ0v) is 20.3. The molecule has 0 radical (unpaired) electrons. The van der Waals surface area contributed by atoms with Crippen LogP contribution in [0.3, 0.4) is 0 Å². The molecule has 1 aromatic carbocycles. The first-order valence-corrected chi connectivity index (χ1v) is 11.7. The lowest BCUT2D eigenvalue weighted by Gasteiger charge is -2.27. The third kappa shape index (κ3) is 3.83. The first kappa shape index (κ1) is 21.7. The van der Waals surface area contributed by atoms with Crippen LogP contribution in [0.1, 0.15) is 46.1 Å². The molecule has 7 heteroatoms. The lowest BCUT2D eigenvalue weighted by atomic mass is 9.96. The Morgan fingerprint density at radius 1 is 1.09 bits per heavy atom. The maximum absolute atomic E-state index is 6.46. The van der Waals surface area contributed by atoms with Gasteiger partial charge in [0.25, 0.3) is 0 Å². The fourth-order valence-corrected chi connectivity index (χ4v) is 5.26. The van der Waals surface area contributed by atoms with Crippen LogP contribution in [0.5, 0.6) is 0 Å². The zero-order valence-electron chi connectivity index (χ0n) is 18.7. The molecule has 1 aliphatic heterocycles. The largest absolute Gasteiger partial charge is 0.467 e. The standard InChI is InChI=1S/C26H25ClN4OS/c1-16-14-20(18(3)31(16)23-11-6-9-21(27)17(23)2)25-24(22-10-4-5-12-28-22)29-26(33)30(25)15-19-8-7-13-32-19/h4-14,24-25H,15H2,1-3H3,(H,29,33). The van der Waals surface area contributed by atoms with Gasteiger partial charge >= 0.3 is 0 Å². The minimum absolute atomic E-state index is 0.0445. The summed E-state index contributed by atoms with van der Waals surface area (Å²) in [5.74, 6) is 0.866. The number of nitrogens with zero attached hydrogens (tertiary/aromatic N) is 3. The number of hydrogen-bond acceptors (Lipinski definition) is 3. The van der Waals surface area contributed by atoms with E-state index in [0.717, 1.165) is 39.1 Å². The first-order valence-electron chi connectivity index (χ1n) is 10.9. The summed E-state index contributed by atoms with van der Waals surface area (Å²) in [6.07, 6.45) is 3.52. The van der Waals surface area contributed by atoms with Gasteiger partial charge < -0.3 is 19.2 Å². The molecule has 1 N–H and O–H groups in total. The molecule has 0 saturated carbocycles. The molecule has 1 saturated heterocycles. The number of aryl methyl sites for hydroxylation is 1. The van der Waals surface area contributed by atoms with Crippen molar-refractivity contribution >= 4 is 28.9 Å². The smallest absolute Gasteiger partial charge is 0.170 e. The molecule has 4 heterocycles. The molecule has 5 nitrogen and oxygen atoms in total. The van der Waals surface area contributed by atoms with Gasteiger partial charge in [-0.25, -0.2) is 0 Å². The highest BCUT2D eigenvalue weighted by Crippen LogP contribution is 2.42. The summed E-state index contributed by atoms with van der Waals surface area (Å²) < 4.78 is 7.94. The highest BCUT2D eigenvalue weighted by Gasteiger charge is 2.41. The number of pyridine rings is 1. The Bertz CT molecular complexity index is 1300. The van der Waals surface area contributed by atoms with Crippen LogP contribution in [0.2, 0.25) is 5.02 Å². The summed E-state index contributed by atoms with van der Waals surface area (Å²) in [5.41, 5.74) is 6.59. The number of rotatable bonds is 5. The number of thiocarbonyl (C=S) groups is 1. The van der Waals surface area contributed by atoms with Crippen molar-refractivity contribution in [2.75, 3.05) is 0 Å². The normalized spacial score (nSPS) is 18.1. The average molecular weight is 477 g/mol. The van der Waals surface area contributed by atoms with Crippen molar-refractivity contribution in [1.82, 2.24) is 19.8 Å². The summed E-state index contributed by atoms with van der Waals surface area (Å²) in [4.78, 5) is 6.85. The molecule has 168 valence electrons. The Morgan fingerprint density at radius 3 is 2.67 bits per heavy atom. The van der Waals surface area contributed by atoms with E-state index in [-0.39, 0.29) is 12.1 Å². The van der Waals surface area contributed by atoms with Gasteiger partial charge in [0, 0.05) is 28.3 Å². The zero-order chi connectivity index (χ0) is 23.1. The van der Waals surface area contributed by atoms with Crippen LogP contribution in [0.15, 0.2) is 71.5 Å². The van der Waals surface area contributed by atoms with E-state index in [4.69, 9.17) is 28.2 Å². The summed E-state index contributed by atoms with van der Waals surface area (Å²) in [6.45, 7) is 6.92. The van der Waals surface area contributed by atoms with E-state index in [1.807, 2.05) is 48.7 Å². The molecule has 5 rings (SSSR count). The second-order valence-electron chi connectivity index (χ2n) is 8.38. The number of hydrogen-bond donors (Lipinski definition) is 1. The van der Waals surface area contributed by atoms with Gasteiger partial charge in [-0.2, -0.15) is 0 Å². The molecule has 0 amide bonds. The molecule has 2 atom stereocenters. The van der Waals surface area contributed by atoms with Crippen molar-refractivity contribution in [2.45, 2.75) is 39.4 Å². The average Bonchev–Trinajstić information content (AvgIpc) is 3.51. The monoisotopic (exact) mass is 476 g/mol. The predicted octanol–water partition coefficient (Wildman–Crippen LogP) is 6.22. The van der Waals surface area contributed by atoms with Gasteiger partial charge in [-0.3, -0.25) is 4.98 Å². The Kier molecular flexibility index (Phi) is 5.72. The van der Waals surface area contributed by atoms with Crippen molar-refractivity contribution in [3.63, 3.8) is 0 Å². The lowest BCUT2D eigenvalue weighted by Crippen LogP contribution is -2.29. The van der Waals surface area contributed by atoms with Crippen LogP contribution in [-0.4, -0.2) is 19.6 Å². The molecule has 2 unspecified atom stereocenters. The maximum Gasteiger partial charge on any atom is 0.170 e. The molecule has 3 aromatic heterocycles. The van der Waals surface area contributed by atoms with Gasteiger partial charge in [0.05, 0.1) is 30.6 Å². The number of benzene rings is 1. The summed E-state index contributed by atoms with van der Waals surface area (Å²) in [5, 5.41) is 4.97. The topological polar surface area (TPSA) is 46.2 Å². The molecular formula is C26H25ClN4OS. The molecule has 4 aromatic rings. The molecule has 1 aliphatic rings. The molecular weight excluding hydrogens is 452 g/mol. The third-order valence-electron chi connectivity index (χ3n) is 6.37. The van der Waals surface area contributed by atoms with Gasteiger partial charge in [0.1, 0.15) is 5.76 Å². The molecule has 33 heavy (non-hydrogen) atoms. The van der Waals surface area contributed by atoms with Crippen molar-refractivity contribution < 1.29 is 4.42 Å². The van der Waals surface area contributed by atoms with E-state index in [2.05, 4.69) is 52.7 Å². The fourth-order valence-electron chi connectivity index (χ4n) is 4.78. The highest BCUT2D eigenvalue weighted by atomic mass is 35.5. The molecule has 1 fully saturated rings. The second kappa shape index (κ2) is 8.69. The van der Waals surface area contributed by atoms with Crippen molar-refractivity contribution in [1.29, 1.82) is 0 Å². The van der Waals surface area contributed by atoms with Crippen molar-refractivity contribution in [2.24, 2.45) is 0 Å². The SMILES string of the molecule is Cc1c(Cl)cccc1-n1c(C)cc(C2C(c3ccccn3)NC(=S)N2Cc2ccco2)c1C. The minimum Gasteiger partial charge on any atom is -0.467 e. The number of furan rings is 1. The quantitative estimate of drug-likeness (QED) is 0.346. The van der Waals surface area contributed by atoms with Crippen molar-refractivity contribution in [3.05, 3.63) is 106 Å². The van der Waals surface area contributed by atoms with Crippen LogP contribution in [0.25, 0.3) is 5.69 Å². The highest BCUT2D eigenvalue weighted by molar-refractivity contribution is 7.80. The van der Waals surface area contributed by atoms with E-state index >= 15 is 0 Å². The number of aromatic nitrogens is 2. The Labute approximate surface area is 204 Å². The van der Waals surface area contributed by atoms with Gasteiger partial charge in [-0.05, 0) is 86.6 Å². The van der Waals surface area contributed by atoms with Crippen LogP contribution in [0, 0.1) is 20.8 Å². The first-order chi connectivity index (χ1) is 16.0. The Hall–Kier alpha value is -3.09. The van der Waals surface area contributed by atoms with E-state index in [1.54, 1.807) is 6.26 Å².